The first-order chi connectivity index (χ1) is 12.6. The molecule has 0 atom stereocenters. The number of amides is 1. The van der Waals surface area contributed by atoms with Crippen molar-refractivity contribution < 1.29 is 14.3 Å². The number of aromatic nitrogens is 1. The first-order valence-electron chi connectivity index (χ1n) is 8.69. The van der Waals surface area contributed by atoms with Crippen molar-refractivity contribution in [3.05, 3.63) is 53.2 Å². The summed E-state index contributed by atoms with van der Waals surface area (Å²) in [5, 5.41) is 3.40. The maximum atomic E-state index is 12.3. The van der Waals surface area contributed by atoms with Crippen molar-refractivity contribution in [3.63, 3.8) is 0 Å². The fraction of sp³-hybridized carbons (Fsp3) is 0.368. The van der Waals surface area contributed by atoms with E-state index in [4.69, 9.17) is 21.1 Å². The van der Waals surface area contributed by atoms with E-state index in [0.29, 0.717) is 29.5 Å². The zero-order chi connectivity index (χ0) is 18.0. The highest BCUT2D eigenvalue weighted by molar-refractivity contribution is 6.30. The largest absolute Gasteiger partial charge is 0.356 e. The van der Waals surface area contributed by atoms with Crippen molar-refractivity contribution in [1.29, 1.82) is 0 Å². The molecule has 0 unspecified atom stereocenters. The summed E-state index contributed by atoms with van der Waals surface area (Å²) >= 11 is 5.94. The van der Waals surface area contributed by atoms with E-state index in [1.807, 2.05) is 6.07 Å². The average molecular weight is 374 g/mol. The predicted molar refractivity (Wildman–Crippen MR) is 99.7 cm³/mol. The molecule has 7 heteroatoms. The van der Waals surface area contributed by atoms with E-state index < -0.39 is 5.79 Å². The summed E-state index contributed by atoms with van der Waals surface area (Å²) in [5.74, 6) is 0.252. The van der Waals surface area contributed by atoms with Crippen LogP contribution in [-0.4, -0.2) is 43.0 Å². The Morgan fingerprint density at radius 3 is 2.58 bits per heavy atom. The van der Waals surface area contributed by atoms with Crippen LogP contribution in [0.5, 0.6) is 0 Å². The lowest BCUT2D eigenvalue weighted by Gasteiger charge is -2.38. The molecule has 2 fully saturated rings. The Bertz CT molecular complexity index is 781. The van der Waals surface area contributed by atoms with Gasteiger partial charge in [0.1, 0.15) is 5.82 Å². The number of ether oxygens (including phenoxy) is 2. The Hall–Kier alpha value is -2.15. The number of hydrogen-bond donors (Lipinski definition) is 1. The Balaban J connectivity index is 1.38. The number of nitrogens with one attached hydrogen (secondary N) is 1. The van der Waals surface area contributed by atoms with Crippen molar-refractivity contribution in [1.82, 2.24) is 4.98 Å². The van der Waals surface area contributed by atoms with Crippen LogP contribution < -0.4 is 10.2 Å². The van der Waals surface area contributed by atoms with Gasteiger partial charge in [0.15, 0.2) is 5.79 Å². The number of pyridine rings is 1. The number of halogens is 1. The monoisotopic (exact) mass is 373 g/mol. The van der Waals surface area contributed by atoms with E-state index in [2.05, 4.69) is 15.2 Å². The minimum atomic E-state index is -0.396. The molecule has 26 heavy (non-hydrogen) atoms. The topological polar surface area (TPSA) is 63.7 Å². The molecule has 1 aromatic heterocycles. The van der Waals surface area contributed by atoms with E-state index in [1.165, 1.54) is 0 Å². The number of hydrogen-bond acceptors (Lipinski definition) is 5. The molecule has 2 aromatic rings. The molecular formula is C19H20ClN3O3. The van der Waals surface area contributed by atoms with E-state index in [-0.39, 0.29) is 5.91 Å². The van der Waals surface area contributed by atoms with Crippen LogP contribution in [0.15, 0.2) is 42.6 Å². The third-order valence-electron chi connectivity index (χ3n) is 4.76. The molecule has 0 radical (unpaired) electrons. The highest BCUT2D eigenvalue weighted by Gasteiger charge is 2.39. The molecule has 0 bridgehead atoms. The van der Waals surface area contributed by atoms with Gasteiger partial charge in [0.2, 0.25) is 0 Å². The van der Waals surface area contributed by atoms with Gasteiger partial charge < -0.3 is 19.7 Å². The quantitative estimate of drug-likeness (QED) is 0.894. The van der Waals surface area contributed by atoms with Crippen LogP contribution in [0.4, 0.5) is 11.5 Å². The Labute approximate surface area is 157 Å². The van der Waals surface area contributed by atoms with E-state index in [0.717, 1.165) is 31.7 Å². The second kappa shape index (κ2) is 7.23. The fourth-order valence-corrected chi connectivity index (χ4v) is 3.53. The maximum Gasteiger partial charge on any atom is 0.257 e. The molecule has 1 N–H and O–H groups in total. The molecule has 6 nitrogen and oxygen atoms in total. The van der Waals surface area contributed by atoms with Crippen LogP contribution >= 0.6 is 11.6 Å². The van der Waals surface area contributed by atoms with Crippen LogP contribution in [-0.2, 0) is 9.47 Å². The summed E-state index contributed by atoms with van der Waals surface area (Å²) in [6, 6.07) is 10.7. The summed E-state index contributed by atoms with van der Waals surface area (Å²) in [4.78, 5) is 19.0. The molecule has 2 saturated heterocycles. The number of piperidine rings is 1. The molecule has 1 spiro atoms. The summed E-state index contributed by atoms with van der Waals surface area (Å²) in [7, 11) is 0. The summed E-state index contributed by atoms with van der Waals surface area (Å²) in [6.45, 7) is 2.99. The van der Waals surface area contributed by atoms with Gasteiger partial charge >= 0.3 is 0 Å². The van der Waals surface area contributed by atoms with Gasteiger partial charge in [-0.1, -0.05) is 17.7 Å². The highest BCUT2D eigenvalue weighted by atomic mass is 35.5. The van der Waals surface area contributed by atoms with Crippen LogP contribution in [0, 0.1) is 0 Å². The fourth-order valence-electron chi connectivity index (χ4n) is 3.34. The lowest BCUT2D eigenvalue weighted by atomic mass is 10.0. The van der Waals surface area contributed by atoms with Crippen molar-refractivity contribution in [2.45, 2.75) is 18.6 Å². The minimum Gasteiger partial charge on any atom is -0.356 e. The third kappa shape index (κ3) is 3.67. The molecule has 0 aliphatic carbocycles. The van der Waals surface area contributed by atoms with Crippen LogP contribution in [0.2, 0.25) is 5.02 Å². The zero-order valence-electron chi connectivity index (χ0n) is 14.3. The molecule has 3 heterocycles. The molecule has 1 amide bonds. The van der Waals surface area contributed by atoms with Crippen molar-refractivity contribution in [2.75, 3.05) is 36.5 Å². The normalized spacial score (nSPS) is 18.9. The van der Waals surface area contributed by atoms with Gasteiger partial charge in [-0.05, 0) is 30.3 Å². The van der Waals surface area contributed by atoms with Gasteiger partial charge in [0, 0.05) is 42.8 Å². The molecular weight excluding hydrogens is 354 g/mol. The second-order valence-corrected chi connectivity index (χ2v) is 6.90. The van der Waals surface area contributed by atoms with Gasteiger partial charge in [0.25, 0.3) is 5.91 Å². The standard InChI is InChI=1S/C19H20ClN3O3/c20-15-2-1-3-16(12-15)22-18(24)14-4-5-17(21-13-14)23-8-6-19(7-9-23)25-10-11-26-19/h1-5,12-13H,6-11H2,(H,22,24). The number of rotatable bonds is 3. The number of benzene rings is 1. The Morgan fingerprint density at radius 1 is 1.15 bits per heavy atom. The average Bonchev–Trinajstić information content (AvgIpc) is 3.11. The summed E-state index contributed by atoms with van der Waals surface area (Å²) in [5.41, 5.74) is 1.16. The Kier molecular flexibility index (Phi) is 4.80. The highest BCUT2D eigenvalue weighted by Crippen LogP contribution is 2.32. The number of anilines is 2. The minimum absolute atomic E-state index is 0.211. The number of nitrogens with zero attached hydrogens (tertiary/aromatic N) is 2. The van der Waals surface area contributed by atoms with Crippen molar-refractivity contribution in [2.24, 2.45) is 0 Å². The number of carbonyl (C=O) groups is 1. The van der Waals surface area contributed by atoms with Gasteiger partial charge in [0.05, 0.1) is 18.8 Å². The van der Waals surface area contributed by atoms with Crippen LogP contribution in [0.25, 0.3) is 0 Å². The van der Waals surface area contributed by atoms with Crippen LogP contribution in [0.3, 0.4) is 0 Å². The lowest BCUT2D eigenvalue weighted by Crippen LogP contribution is -2.45. The molecule has 4 rings (SSSR count). The van der Waals surface area contributed by atoms with E-state index in [1.54, 1.807) is 36.5 Å². The van der Waals surface area contributed by atoms with Crippen molar-refractivity contribution >= 4 is 29.0 Å². The maximum absolute atomic E-state index is 12.3. The molecule has 0 saturated carbocycles. The number of carbonyl (C=O) groups excluding carboxylic acids is 1. The zero-order valence-corrected chi connectivity index (χ0v) is 15.0. The first kappa shape index (κ1) is 17.3. The van der Waals surface area contributed by atoms with Crippen molar-refractivity contribution in [3.8, 4) is 0 Å². The smallest absolute Gasteiger partial charge is 0.257 e. The Morgan fingerprint density at radius 2 is 1.92 bits per heavy atom. The van der Waals surface area contributed by atoms with Crippen LogP contribution in [0.1, 0.15) is 23.2 Å². The van der Waals surface area contributed by atoms with E-state index >= 15 is 0 Å². The predicted octanol–water partition coefficient (Wildman–Crippen LogP) is 3.33. The molecule has 136 valence electrons. The third-order valence-corrected chi connectivity index (χ3v) is 4.99. The second-order valence-electron chi connectivity index (χ2n) is 6.46. The van der Waals surface area contributed by atoms with Gasteiger partial charge in [-0.3, -0.25) is 4.79 Å². The lowest BCUT2D eigenvalue weighted by molar-refractivity contribution is -0.169. The van der Waals surface area contributed by atoms with Gasteiger partial charge in [-0.15, -0.1) is 0 Å². The first-order valence-corrected chi connectivity index (χ1v) is 9.07. The summed E-state index contributed by atoms with van der Waals surface area (Å²) in [6.07, 6.45) is 3.25. The molecule has 2 aliphatic heterocycles. The molecule has 2 aliphatic rings. The SMILES string of the molecule is O=C(Nc1cccc(Cl)c1)c1ccc(N2CCC3(CC2)OCCO3)nc1. The van der Waals surface area contributed by atoms with E-state index in [9.17, 15) is 4.79 Å². The summed E-state index contributed by atoms with van der Waals surface area (Å²) < 4.78 is 11.5. The van der Waals surface area contributed by atoms with Gasteiger partial charge in [-0.2, -0.15) is 0 Å². The molecule has 1 aromatic carbocycles. The van der Waals surface area contributed by atoms with Gasteiger partial charge in [-0.25, -0.2) is 4.98 Å².